The van der Waals surface area contributed by atoms with Gasteiger partial charge in [0, 0.05) is 12.6 Å². The van der Waals surface area contributed by atoms with Crippen molar-refractivity contribution in [3.05, 3.63) is 35.4 Å². The molecule has 0 radical (unpaired) electrons. The van der Waals surface area contributed by atoms with Gasteiger partial charge in [0.2, 0.25) is 0 Å². The van der Waals surface area contributed by atoms with Crippen LogP contribution in [0.2, 0.25) is 0 Å². The molecule has 1 aliphatic carbocycles. The fourth-order valence-electron chi connectivity index (χ4n) is 2.23. The van der Waals surface area contributed by atoms with Crippen LogP contribution in [0, 0.1) is 0 Å². The topological polar surface area (TPSA) is 57.6 Å². The lowest BCUT2D eigenvalue weighted by Gasteiger charge is -2.31. The van der Waals surface area contributed by atoms with E-state index in [2.05, 4.69) is 0 Å². The lowest BCUT2D eigenvalue weighted by molar-refractivity contribution is -0.147. The van der Waals surface area contributed by atoms with Crippen LogP contribution in [-0.2, 0) is 4.79 Å². The predicted molar refractivity (Wildman–Crippen MR) is 76.8 cm³/mol. The average Bonchev–Trinajstić information content (AvgIpc) is 2.35. The summed E-state index contributed by atoms with van der Waals surface area (Å²) in [6.07, 6.45) is 3.72. The van der Waals surface area contributed by atoms with Gasteiger partial charge >= 0.3 is 5.97 Å². The molecule has 0 bridgehead atoms. The largest absolute Gasteiger partial charge is 0.480 e. The Balaban J connectivity index is 2.14. The molecule has 1 N–H and O–H groups in total. The Labute approximate surface area is 119 Å². The quantitative estimate of drug-likeness (QED) is 0.919. The maximum absolute atomic E-state index is 12.3. The van der Waals surface area contributed by atoms with Crippen molar-refractivity contribution in [2.75, 3.05) is 7.05 Å². The number of carboxylic acids is 1. The van der Waals surface area contributed by atoms with Crippen LogP contribution >= 0.6 is 0 Å². The molecule has 1 aliphatic rings. The van der Waals surface area contributed by atoms with Gasteiger partial charge in [0.25, 0.3) is 5.91 Å². The molecule has 1 aromatic carbocycles. The number of amides is 1. The van der Waals surface area contributed by atoms with Gasteiger partial charge in [-0.15, -0.1) is 0 Å². The van der Waals surface area contributed by atoms with E-state index < -0.39 is 11.5 Å². The van der Waals surface area contributed by atoms with Gasteiger partial charge in [-0.3, -0.25) is 4.79 Å². The van der Waals surface area contributed by atoms with Crippen LogP contribution in [0.15, 0.2) is 24.3 Å². The van der Waals surface area contributed by atoms with Crippen LogP contribution in [0.4, 0.5) is 0 Å². The first-order chi connectivity index (χ1) is 9.34. The zero-order valence-corrected chi connectivity index (χ0v) is 12.2. The molecule has 4 nitrogen and oxygen atoms in total. The Morgan fingerprint density at radius 3 is 2.15 bits per heavy atom. The second-order valence-electron chi connectivity index (χ2n) is 5.98. The molecule has 1 fully saturated rings. The summed E-state index contributed by atoms with van der Waals surface area (Å²) in [5.74, 6) is -0.649. The molecular weight excluding hydrogens is 254 g/mol. The van der Waals surface area contributed by atoms with Gasteiger partial charge in [0.05, 0.1) is 0 Å². The second kappa shape index (κ2) is 5.27. The monoisotopic (exact) mass is 275 g/mol. The van der Waals surface area contributed by atoms with Gasteiger partial charge in [0.1, 0.15) is 5.54 Å². The van der Waals surface area contributed by atoms with E-state index in [0.29, 0.717) is 11.5 Å². The van der Waals surface area contributed by atoms with E-state index in [9.17, 15) is 9.59 Å². The van der Waals surface area contributed by atoms with E-state index in [1.807, 2.05) is 12.1 Å². The van der Waals surface area contributed by atoms with Crippen LogP contribution < -0.4 is 0 Å². The molecule has 1 saturated carbocycles. The number of carbonyl (C=O) groups is 2. The maximum Gasteiger partial charge on any atom is 0.329 e. The molecule has 0 aromatic heterocycles. The summed E-state index contributed by atoms with van der Waals surface area (Å²) >= 11 is 0. The number of carboxylic acid groups (broad SMARTS) is 1. The molecule has 0 heterocycles. The van der Waals surface area contributed by atoms with E-state index in [1.165, 1.54) is 50.6 Å². The van der Waals surface area contributed by atoms with E-state index in [-0.39, 0.29) is 5.91 Å². The minimum Gasteiger partial charge on any atom is -0.480 e. The van der Waals surface area contributed by atoms with Gasteiger partial charge in [0.15, 0.2) is 0 Å². The van der Waals surface area contributed by atoms with Crippen molar-refractivity contribution in [1.82, 2.24) is 4.90 Å². The third-order valence-corrected chi connectivity index (χ3v) is 4.40. The average molecular weight is 275 g/mol. The van der Waals surface area contributed by atoms with Gasteiger partial charge in [-0.05, 0) is 50.3 Å². The third kappa shape index (κ3) is 2.55. The third-order valence-electron chi connectivity index (χ3n) is 4.40. The van der Waals surface area contributed by atoms with E-state index in [4.69, 9.17) is 5.11 Å². The molecule has 0 aliphatic heterocycles. The molecular formula is C16H21NO3. The summed E-state index contributed by atoms with van der Waals surface area (Å²) in [6, 6.07) is 7.56. The highest BCUT2D eigenvalue weighted by molar-refractivity contribution is 5.97. The number of nitrogens with zero attached hydrogens (tertiary/aromatic N) is 1. The molecule has 0 spiro atoms. The van der Waals surface area contributed by atoms with Crippen molar-refractivity contribution < 1.29 is 14.7 Å². The normalized spacial score (nSPS) is 15.6. The zero-order valence-electron chi connectivity index (χ0n) is 12.2. The second-order valence-corrected chi connectivity index (χ2v) is 5.98. The predicted octanol–water partition coefficient (Wildman–Crippen LogP) is 2.89. The SMILES string of the molecule is CN(C(=O)c1ccc(C2CCC2)cc1)C(C)(C)C(=O)O. The van der Waals surface area contributed by atoms with Crippen LogP contribution in [0.3, 0.4) is 0 Å². The summed E-state index contributed by atoms with van der Waals surface area (Å²) in [6.45, 7) is 3.05. The number of benzene rings is 1. The number of carbonyl (C=O) groups excluding carboxylic acids is 1. The van der Waals surface area contributed by atoms with Crippen LogP contribution in [-0.4, -0.2) is 34.5 Å². The van der Waals surface area contributed by atoms with Crippen molar-refractivity contribution >= 4 is 11.9 Å². The van der Waals surface area contributed by atoms with Gasteiger partial charge in [-0.25, -0.2) is 4.79 Å². The van der Waals surface area contributed by atoms with E-state index in [0.717, 1.165) is 0 Å². The minimum atomic E-state index is -1.22. The Morgan fingerprint density at radius 1 is 1.20 bits per heavy atom. The van der Waals surface area contributed by atoms with Crippen LogP contribution in [0.1, 0.15) is 54.9 Å². The Hall–Kier alpha value is -1.84. The first kappa shape index (κ1) is 14.6. The standard InChI is InChI=1S/C16H21NO3/c1-16(2,15(19)20)17(3)14(18)13-9-7-12(8-10-13)11-5-4-6-11/h7-11H,4-6H2,1-3H3,(H,19,20). The molecule has 1 amide bonds. The number of hydrogen-bond donors (Lipinski definition) is 1. The Morgan fingerprint density at radius 2 is 1.75 bits per heavy atom. The zero-order chi connectivity index (χ0) is 14.9. The first-order valence-electron chi connectivity index (χ1n) is 6.95. The highest BCUT2D eigenvalue weighted by Crippen LogP contribution is 2.36. The van der Waals surface area contributed by atoms with E-state index >= 15 is 0 Å². The molecule has 1 aromatic rings. The highest BCUT2D eigenvalue weighted by Gasteiger charge is 2.35. The van der Waals surface area contributed by atoms with E-state index in [1.54, 1.807) is 12.1 Å². The number of likely N-dealkylation sites (N-methyl/N-ethyl adjacent to an activating group) is 1. The maximum atomic E-state index is 12.3. The van der Waals surface area contributed by atoms with Crippen molar-refractivity contribution in [3.63, 3.8) is 0 Å². The number of rotatable bonds is 4. The molecule has 2 rings (SSSR count). The lowest BCUT2D eigenvalue weighted by atomic mass is 9.80. The van der Waals surface area contributed by atoms with Crippen LogP contribution in [0.25, 0.3) is 0 Å². The minimum absolute atomic E-state index is 0.266. The smallest absolute Gasteiger partial charge is 0.329 e. The molecule has 108 valence electrons. The molecule has 0 saturated heterocycles. The van der Waals surface area contributed by atoms with Crippen molar-refractivity contribution in [3.8, 4) is 0 Å². The summed E-state index contributed by atoms with van der Waals surface area (Å²) < 4.78 is 0. The highest BCUT2D eigenvalue weighted by atomic mass is 16.4. The van der Waals surface area contributed by atoms with Crippen molar-refractivity contribution in [2.24, 2.45) is 0 Å². The van der Waals surface area contributed by atoms with Crippen molar-refractivity contribution in [1.29, 1.82) is 0 Å². The Bertz CT molecular complexity index is 515. The molecule has 0 unspecified atom stereocenters. The van der Waals surface area contributed by atoms with Crippen LogP contribution in [0.5, 0.6) is 0 Å². The first-order valence-corrected chi connectivity index (χ1v) is 6.95. The van der Waals surface area contributed by atoms with Gasteiger partial charge < -0.3 is 10.0 Å². The van der Waals surface area contributed by atoms with Gasteiger partial charge in [-0.2, -0.15) is 0 Å². The summed E-state index contributed by atoms with van der Waals surface area (Å²) in [4.78, 5) is 24.8. The van der Waals surface area contributed by atoms with Crippen molar-refractivity contribution in [2.45, 2.75) is 44.6 Å². The van der Waals surface area contributed by atoms with Gasteiger partial charge in [-0.1, -0.05) is 18.6 Å². The molecule has 20 heavy (non-hydrogen) atoms. The summed E-state index contributed by atoms with van der Waals surface area (Å²) in [7, 11) is 1.52. The molecule has 4 heteroatoms. The Kier molecular flexibility index (Phi) is 3.84. The fourth-order valence-corrected chi connectivity index (χ4v) is 2.23. The molecule has 0 atom stereocenters. The number of hydrogen-bond acceptors (Lipinski definition) is 2. The lowest BCUT2D eigenvalue weighted by Crippen LogP contribution is -2.50. The number of aliphatic carboxylic acids is 1. The fraction of sp³-hybridized carbons (Fsp3) is 0.500. The summed E-state index contributed by atoms with van der Waals surface area (Å²) in [5.41, 5.74) is 0.585. The summed E-state index contributed by atoms with van der Waals surface area (Å²) in [5, 5.41) is 9.17.